The van der Waals surface area contributed by atoms with E-state index >= 15 is 0 Å². The molecule has 1 N–H and O–H groups in total. The second-order valence-electron chi connectivity index (χ2n) is 4.25. The van der Waals surface area contributed by atoms with Gasteiger partial charge in [-0.15, -0.1) is 0 Å². The molecule has 0 spiro atoms. The number of hydrogen-bond acceptors (Lipinski definition) is 5. The standard InChI is InChI=1S/C14H13N3O4/c1-8-10(7-15)13(17(2)16-8)21-12-9(14(18)19)5-4-6-11(12)20-3/h4-6H,1-3H3,(H,18,19). The van der Waals surface area contributed by atoms with Crippen molar-refractivity contribution in [2.75, 3.05) is 7.11 Å². The number of hydrogen-bond donors (Lipinski definition) is 1. The van der Waals surface area contributed by atoms with Crippen molar-refractivity contribution in [3.63, 3.8) is 0 Å². The lowest BCUT2D eigenvalue weighted by Crippen LogP contribution is -2.04. The van der Waals surface area contributed by atoms with E-state index < -0.39 is 5.97 Å². The summed E-state index contributed by atoms with van der Waals surface area (Å²) in [4.78, 5) is 11.3. The zero-order valence-corrected chi connectivity index (χ0v) is 11.7. The predicted octanol–water partition coefficient (Wildman–Crippen LogP) is 2.10. The number of carboxylic acids is 1. The Bertz CT molecular complexity index is 743. The molecule has 7 nitrogen and oxygen atoms in total. The molecule has 2 aromatic rings. The molecule has 108 valence electrons. The van der Waals surface area contributed by atoms with Crippen LogP contribution in [0.3, 0.4) is 0 Å². The van der Waals surface area contributed by atoms with Crippen LogP contribution in [-0.4, -0.2) is 28.0 Å². The molecule has 1 aromatic heterocycles. The molecule has 0 saturated carbocycles. The number of carboxylic acid groups (broad SMARTS) is 1. The minimum atomic E-state index is -1.15. The van der Waals surface area contributed by atoms with Crippen LogP contribution in [-0.2, 0) is 7.05 Å². The van der Waals surface area contributed by atoms with E-state index in [2.05, 4.69) is 5.10 Å². The third kappa shape index (κ3) is 2.51. The molecule has 2 rings (SSSR count). The number of benzene rings is 1. The highest BCUT2D eigenvalue weighted by molar-refractivity contribution is 5.92. The molecule has 0 bridgehead atoms. The van der Waals surface area contributed by atoms with Crippen LogP contribution in [0, 0.1) is 18.3 Å². The van der Waals surface area contributed by atoms with E-state index in [1.165, 1.54) is 17.9 Å². The van der Waals surface area contributed by atoms with Gasteiger partial charge in [-0.2, -0.15) is 10.4 Å². The first-order valence-corrected chi connectivity index (χ1v) is 6.01. The monoisotopic (exact) mass is 287 g/mol. The topological polar surface area (TPSA) is 97.4 Å². The van der Waals surface area contributed by atoms with E-state index in [-0.39, 0.29) is 28.5 Å². The van der Waals surface area contributed by atoms with Crippen molar-refractivity contribution < 1.29 is 19.4 Å². The third-order valence-electron chi connectivity index (χ3n) is 2.91. The highest BCUT2D eigenvalue weighted by Crippen LogP contribution is 2.36. The second-order valence-corrected chi connectivity index (χ2v) is 4.25. The zero-order valence-electron chi connectivity index (χ0n) is 11.7. The van der Waals surface area contributed by atoms with E-state index in [0.717, 1.165) is 0 Å². The van der Waals surface area contributed by atoms with E-state index in [0.29, 0.717) is 5.69 Å². The molecule has 7 heteroatoms. The molecule has 0 amide bonds. The van der Waals surface area contributed by atoms with Crippen molar-refractivity contribution in [1.29, 1.82) is 5.26 Å². The summed E-state index contributed by atoms with van der Waals surface area (Å²) in [6.45, 7) is 1.67. The molecule has 0 unspecified atom stereocenters. The molecular formula is C14H13N3O4. The fourth-order valence-corrected chi connectivity index (χ4v) is 1.93. The predicted molar refractivity (Wildman–Crippen MR) is 72.7 cm³/mol. The Kier molecular flexibility index (Phi) is 3.80. The van der Waals surface area contributed by atoms with Gasteiger partial charge in [0.05, 0.1) is 12.8 Å². The first kappa shape index (κ1) is 14.4. The summed E-state index contributed by atoms with van der Waals surface area (Å²) in [5.41, 5.74) is 0.693. The van der Waals surface area contributed by atoms with Gasteiger partial charge in [0, 0.05) is 7.05 Å². The highest BCUT2D eigenvalue weighted by Gasteiger charge is 2.21. The summed E-state index contributed by atoms with van der Waals surface area (Å²) in [6, 6.07) is 6.52. The molecule has 0 atom stereocenters. The van der Waals surface area contributed by atoms with Gasteiger partial charge in [0.25, 0.3) is 0 Å². The van der Waals surface area contributed by atoms with Gasteiger partial charge in [-0.25, -0.2) is 9.48 Å². The van der Waals surface area contributed by atoms with Crippen LogP contribution in [0.25, 0.3) is 0 Å². The van der Waals surface area contributed by atoms with Crippen LogP contribution in [0.15, 0.2) is 18.2 Å². The number of aromatic nitrogens is 2. The lowest BCUT2D eigenvalue weighted by molar-refractivity contribution is 0.0693. The maximum Gasteiger partial charge on any atom is 0.339 e. The fourth-order valence-electron chi connectivity index (χ4n) is 1.93. The van der Waals surface area contributed by atoms with E-state index in [9.17, 15) is 9.90 Å². The van der Waals surface area contributed by atoms with Crippen molar-refractivity contribution in [2.24, 2.45) is 7.05 Å². The number of methoxy groups -OCH3 is 1. The number of rotatable bonds is 4. The number of para-hydroxylation sites is 1. The maximum absolute atomic E-state index is 11.3. The van der Waals surface area contributed by atoms with Crippen LogP contribution in [0.2, 0.25) is 0 Å². The minimum absolute atomic E-state index is 0.0343. The first-order chi connectivity index (χ1) is 9.99. The van der Waals surface area contributed by atoms with Gasteiger partial charge in [0.1, 0.15) is 17.2 Å². The number of carbonyl (C=O) groups is 1. The molecule has 1 aromatic carbocycles. The van der Waals surface area contributed by atoms with Crippen LogP contribution in [0.1, 0.15) is 21.6 Å². The van der Waals surface area contributed by atoms with Crippen LogP contribution < -0.4 is 9.47 Å². The summed E-state index contributed by atoms with van der Waals surface area (Å²) >= 11 is 0. The normalized spacial score (nSPS) is 10.0. The first-order valence-electron chi connectivity index (χ1n) is 6.01. The van der Waals surface area contributed by atoms with E-state index in [1.807, 2.05) is 6.07 Å². The van der Waals surface area contributed by atoms with Crippen molar-refractivity contribution in [3.05, 3.63) is 35.0 Å². The van der Waals surface area contributed by atoms with Crippen molar-refractivity contribution in [1.82, 2.24) is 9.78 Å². The summed E-state index contributed by atoms with van der Waals surface area (Å²) < 4.78 is 12.1. The quantitative estimate of drug-likeness (QED) is 0.924. The van der Waals surface area contributed by atoms with Gasteiger partial charge < -0.3 is 14.6 Å². The van der Waals surface area contributed by atoms with Gasteiger partial charge in [0.15, 0.2) is 11.5 Å². The summed E-state index contributed by atoms with van der Waals surface area (Å²) in [7, 11) is 3.02. The van der Waals surface area contributed by atoms with Crippen molar-refractivity contribution >= 4 is 5.97 Å². The Morgan fingerprint density at radius 2 is 2.19 bits per heavy atom. The fraction of sp³-hybridized carbons (Fsp3) is 0.214. The third-order valence-corrected chi connectivity index (χ3v) is 2.91. The van der Waals surface area contributed by atoms with Crippen molar-refractivity contribution in [3.8, 4) is 23.4 Å². The van der Waals surface area contributed by atoms with Gasteiger partial charge in [-0.1, -0.05) is 6.07 Å². The molecular weight excluding hydrogens is 274 g/mol. The maximum atomic E-state index is 11.3. The molecule has 21 heavy (non-hydrogen) atoms. The number of ether oxygens (including phenoxy) is 2. The number of nitriles is 1. The largest absolute Gasteiger partial charge is 0.493 e. The lowest BCUT2D eigenvalue weighted by Gasteiger charge is -2.12. The van der Waals surface area contributed by atoms with Crippen LogP contribution >= 0.6 is 0 Å². The van der Waals surface area contributed by atoms with Gasteiger partial charge >= 0.3 is 5.97 Å². The highest BCUT2D eigenvalue weighted by atomic mass is 16.5. The molecule has 0 radical (unpaired) electrons. The summed E-state index contributed by atoms with van der Waals surface area (Å²) in [6.07, 6.45) is 0. The number of aryl methyl sites for hydroxylation is 2. The average molecular weight is 287 g/mol. The Labute approximate surface area is 120 Å². The SMILES string of the molecule is COc1cccc(C(=O)O)c1Oc1c(C#N)c(C)nn1C. The number of aromatic carboxylic acids is 1. The van der Waals surface area contributed by atoms with Crippen molar-refractivity contribution in [2.45, 2.75) is 6.92 Å². The molecule has 0 aliphatic heterocycles. The van der Waals surface area contributed by atoms with E-state index in [4.69, 9.17) is 14.7 Å². The second kappa shape index (κ2) is 5.54. The lowest BCUT2D eigenvalue weighted by atomic mass is 10.2. The molecule has 0 aliphatic rings. The summed E-state index contributed by atoms with van der Waals surface area (Å²) in [5.74, 6) is -0.687. The number of nitrogens with zero attached hydrogens (tertiary/aromatic N) is 3. The van der Waals surface area contributed by atoms with Crippen LogP contribution in [0.5, 0.6) is 17.4 Å². The van der Waals surface area contributed by atoms with Crippen LogP contribution in [0.4, 0.5) is 0 Å². The summed E-state index contributed by atoms with van der Waals surface area (Å²) in [5, 5.41) is 22.5. The molecule has 0 saturated heterocycles. The van der Waals surface area contributed by atoms with Gasteiger partial charge in [-0.3, -0.25) is 0 Å². The molecule has 1 heterocycles. The minimum Gasteiger partial charge on any atom is -0.493 e. The van der Waals surface area contributed by atoms with E-state index in [1.54, 1.807) is 26.1 Å². The van der Waals surface area contributed by atoms with Gasteiger partial charge in [-0.05, 0) is 19.1 Å². The smallest absolute Gasteiger partial charge is 0.339 e. The zero-order chi connectivity index (χ0) is 15.6. The Morgan fingerprint density at radius 3 is 2.76 bits per heavy atom. The Morgan fingerprint density at radius 1 is 1.48 bits per heavy atom. The molecule has 0 fully saturated rings. The Hall–Kier alpha value is -3.01. The van der Waals surface area contributed by atoms with Gasteiger partial charge in [0.2, 0.25) is 5.88 Å². The molecule has 0 aliphatic carbocycles. The average Bonchev–Trinajstić information content (AvgIpc) is 2.72. The Balaban J connectivity index is 2.59.